The Morgan fingerprint density at radius 1 is 1.36 bits per heavy atom. The summed E-state index contributed by atoms with van der Waals surface area (Å²) in [5.41, 5.74) is -0.358. The maximum atomic E-state index is 12.4. The Morgan fingerprint density at radius 3 is 2.76 bits per heavy atom. The molecule has 10 heteroatoms. The smallest absolute Gasteiger partial charge is 0.332 e. The Hall–Kier alpha value is -2.13. The van der Waals surface area contributed by atoms with Crippen molar-refractivity contribution in [3.05, 3.63) is 27.2 Å². The number of nitrogens with zero attached hydrogens (tertiary/aromatic N) is 4. The molecule has 138 valence electrons. The number of nitrogens with one attached hydrogen (secondary N) is 2. The summed E-state index contributed by atoms with van der Waals surface area (Å²) in [4.78, 5) is 40.7. The van der Waals surface area contributed by atoms with Gasteiger partial charge in [-0.15, -0.1) is 12.4 Å². The number of carbonyl (C=O) groups excluding carboxylic acids is 1. The zero-order valence-electron chi connectivity index (χ0n) is 14.5. The summed E-state index contributed by atoms with van der Waals surface area (Å²) in [7, 11) is 2.97. The molecule has 2 atom stereocenters. The molecule has 1 saturated heterocycles. The van der Waals surface area contributed by atoms with Crippen LogP contribution < -0.4 is 21.9 Å². The van der Waals surface area contributed by atoms with Gasteiger partial charge in [-0.3, -0.25) is 18.7 Å². The average Bonchev–Trinajstić information content (AvgIpc) is 2.96. The number of fused-ring (bicyclic) bond motifs is 1. The van der Waals surface area contributed by atoms with E-state index in [9.17, 15) is 14.4 Å². The molecule has 1 aliphatic heterocycles. The zero-order valence-corrected chi connectivity index (χ0v) is 15.3. The van der Waals surface area contributed by atoms with Crippen LogP contribution in [0.5, 0.6) is 0 Å². The molecular formula is C15H23ClN6O3. The molecular weight excluding hydrogens is 348 g/mol. The van der Waals surface area contributed by atoms with Crippen molar-refractivity contribution in [2.75, 3.05) is 13.1 Å². The Labute approximate surface area is 150 Å². The number of aryl methyl sites for hydroxylation is 1. The Kier molecular flexibility index (Phi) is 5.69. The van der Waals surface area contributed by atoms with Crippen molar-refractivity contribution >= 4 is 29.5 Å². The lowest BCUT2D eigenvalue weighted by molar-refractivity contribution is -0.122. The van der Waals surface area contributed by atoms with Gasteiger partial charge in [0.15, 0.2) is 11.2 Å². The Morgan fingerprint density at radius 2 is 2.08 bits per heavy atom. The van der Waals surface area contributed by atoms with Crippen molar-refractivity contribution in [1.82, 2.24) is 29.3 Å². The minimum absolute atomic E-state index is 0. The molecule has 0 spiro atoms. The van der Waals surface area contributed by atoms with Crippen molar-refractivity contribution in [3.8, 4) is 0 Å². The van der Waals surface area contributed by atoms with Crippen LogP contribution in [-0.2, 0) is 25.4 Å². The topological polar surface area (TPSA) is 103 Å². The minimum atomic E-state index is -0.453. The van der Waals surface area contributed by atoms with Gasteiger partial charge in [-0.1, -0.05) is 6.92 Å². The normalized spacial score (nSPS) is 20.3. The van der Waals surface area contributed by atoms with Crippen molar-refractivity contribution in [2.45, 2.75) is 25.9 Å². The number of aromatic nitrogens is 4. The maximum Gasteiger partial charge on any atom is 0.332 e. The minimum Gasteiger partial charge on any atom is -0.350 e. The number of amides is 1. The molecule has 0 bridgehead atoms. The molecule has 9 nitrogen and oxygen atoms in total. The fourth-order valence-electron chi connectivity index (χ4n) is 3.11. The fourth-order valence-corrected chi connectivity index (χ4v) is 3.11. The first kappa shape index (κ1) is 19.2. The first-order chi connectivity index (χ1) is 11.4. The van der Waals surface area contributed by atoms with Crippen molar-refractivity contribution in [3.63, 3.8) is 0 Å². The largest absolute Gasteiger partial charge is 0.350 e. The van der Waals surface area contributed by atoms with Crippen LogP contribution in [0.3, 0.4) is 0 Å². The number of carbonyl (C=O) groups is 1. The van der Waals surface area contributed by atoms with Gasteiger partial charge >= 0.3 is 5.69 Å². The summed E-state index contributed by atoms with van der Waals surface area (Å²) in [6.07, 6.45) is 2.44. The summed E-state index contributed by atoms with van der Waals surface area (Å²) in [6, 6.07) is 0.0771. The molecule has 3 rings (SSSR count). The fraction of sp³-hybridized carbons (Fsp3) is 0.600. The van der Waals surface area contributed by atoms with Crippen LogP contribution in [0.2, 0.25) is 0 Å². The number of hydrogen-bond acceptors (Lipinski definition) is 5. The molecule has 0 radical (unpaired) electrons. The molecule has 25 heavy (non-hydrogen) atoms. The highest BCUT2D eigenvalue weighted by molar-refractivity contribution is 5.85. The van der Waals surface area contributed by atoms with Gasteiger partial charge in [-0.05, 0) is 18.9 Å². The van der Waals surface area contributed by atoms with Gasteiger partial charge < -0.3 is 15.2 Å². The van der Waals surface area contributed by atoms with Crippen LogP contribution in [0.1, 0.15) is 13.3 Å². The third-order valence-corrected chi connectivity index (χ3v) is 4.71. The summed E-state index contributed by atoms with van der Waals surface area (Å²) in [6.45, 7) is 3.81. The average molecular weight is 371 g/mol. The van der Waals surface area contributed by atoms with E-state index in [4.69, 9.17) is 0 Å². The van der Waals surface area contributed by atoms with Gasteiger partial charge in [-0.2, -0.15) is 0 Å². The molecule has 1 fully saturated rings. The molecule has 2 N–H and O–H groups in total. The second kappa shape index (κ2) is 7.40. The molecule has 1 amide bonds. The van der Waals surface area contributed by atoms with Crippen LogP contribution in [0.15, 0.2) is 15.9 Å². The maximum absolute atomic E-state index is 12.4. The van der Waals surface area contributed by atoms with Crippen LogP contribution in [-0.4, -0.2) is 43.7 Å². The third-order valence-electron chi connectivity index (χ3n) is 4.71. The van der Waals surface area contributed by atoms with E-state index < -0.39 is 11.2 Å². The first-order valence-electron chi connectivity index (χ1n) is 8.01. The summed E-state index contributed by atoms with van der Waals surface area (Å²) in [5.74, 6) is 0.231. The van der Waals surface area contributed by atoms with Crippen molar-refractivity contribution in [2.24, 2.45) is 20.0 Å². The van der Waals surface area contributed by atoms with E-state index in [0.29, 0.717) is 5.92 Å². The van der Waals surface area contributed by atoms with Gasteiger partial charge in [0.2, 0.25) is 5.91 Å². The number of rotatable bonds is 3. The predicted molar refractivity (Wildman–Crippen MR) is 96.0 cm³/mol. The number of halogens is 1. The second-order valence-corrected chi connectivity index (χ2v) is 6.39. The van der Waals surface area contributed by atoms with Gasteiger partial charge in [0.1, 0.15) is 6.54 Å². The number of piperidine rings is 1. The SMILES string of the molecule is CC1CCNCC1NC(=O)Cn1cnc2c1c(=O)n(C)c(=O)n2C.Cl. The van der Waals surface area contributed by atoms with Crippen LogP contribution >= 0.6 is 12.4 Å². The predicted octanol–water partition coefficient (Wildman–Crippen LogP) is -1.03. The second-order valence-electron chi connectivity index (χ2n) is 6.39. The van der Waals surface area contributed by atoms with Gasteiger partial charge in [0.05, 0.1) is 6.33 Å². The summed E-state index contributed by atoms with van der Waals surface area (Å²) in [5, 5.41) is 6.27. The highest BCUT2D eigenvalue weighted by Crippen LogP contribution is 2.11. The zero-order chi connectivity index (χ0) is 17.4. The molecule has 2 aromatic heterocycles. The van der Waals surface area contributed by atoms with E-state index in [1.807, 2.05) is 0 Å². The van der Waals surface area contributed by atoms with E-state index >= 15 is 0 Å². The van der Waals surface area contributed by atoms with E-state index in [-0.39, 0.29) is 42.1 Å². The number of imidazole rings is 1. The summed E-state index contributed by atoms with van der Waals surface area (Å²) < 4.78 is 3.82. The Bertz CT molecular complexity index is 899. The molecule has 1 aliphatic rings. The lowest BCUT2D eigenvalue weighted by Crippen LogP contribution is -2.50. The first-order valence-corrected chi connectivity index (χ1v) is 8.01. The Balaban J connectivity index is 0.00000225. The molecule has 3 heterocycles. The van der Waals surface area contributed by atoms with Crippen molar-refractivity contribution < 1.29 is 4.79 Å². The molecule has 0 saturated carbocycles. The van der Waals surface area contributed by atoms with Gasteiger partial charge in [0, 0.05) is 26.7 Å². The van der Waals surface area contributed by atoms with E-state index in [0.717, 1.165) is 24.1 Å². The molecule has 0 aromatic carbocycles. The van der Waals surface area contributed by atoms with E-state index in [1.54, 1.807) is 7.05 Å². The van der Waals surface area contributed by atoms with E-state index in [1.165, 1.54) is 22.5 Å². The monoisotopic (exact) mass is 370 g/mol. The highest BCUT2D eigenvalue weighted by Gasteiger charge is 2.23. The van der Waals surface area contributed by atoms with Gasteiger partial charge in [0.25, 0.3) is 5.56 Å². The van der Waals surface area contributed by atoms with E-state index in [2.05, 4.69) is 22.5 Å². The standard InChI is InChI=1S/C15H22N6O3.ClH/c1-9-4-5-16-6-10(9)18-11(22)7-21-8-17-13-12(21)14(23)20(3)15(24)19(13)2;/h8-10,16H,4-7H2,1-3H3,(H,18,22);1H. The summed E-state index contributed by atoms with van der Waals surface area (Å²) >= 11 is 0. The van der Waals surface area contributed by atoms with Crippen LogP contribution in [0.25, 0.3) is 11.2 Å². The lowest BCUT2D eigenvalue weighted by atomic mass is 9.95. The molecule has 0 aliphatic carbocycles. The molecule has 2 unspecified atom stereocenters. The van der Waals surface area contributed by atoms with Crippen LogP contribution in [0, 0.1) is 5.92 Å². The third kappa shape index (κ3) is 3.47. The van der Waals surface area contributed by atoms with Crippen molar-refractivity contribution in [1.29, 1.82) is 0 Å². The lowest BCUT2D eigenvalue weighted by Gasteiger charge is -2.30. The number of hydrogen-bond donors (Lipinski definition) is 2. The quantitative estimate of drug-likeness (QED) is 0.719. The van der Waals surface area contributed by atoms with Gasteiger partial charge in [-0.25, -0.2) is 9.78 Å². The molecule has 2 aromatic rings. The highest BCUT2D eigenvalue weighted by atomic mass is 35.5. The van der Waals surface area contributed by atoms with Crippen LogP contribution in [0.4, 0.5) is 0 Å².